The fourth-order valence-electron chi connectivity index (χ4n) is 3.44. The highest BCUT2D eigenvalue weighted by molar-refractivity contribution is 5.93. The Labute approximate surface area is 165 Å². The Bertz CT molecular complexity index is 955. The van der Waals surface area contributed by atoms with Crippen LogP contribution in [0.1, 0.15) is 25.3 Å². The summed E-state index contributed by atoms with van der Waals surface area (Å²) in [4.78, 5) is 18.7. The third-order valence-electron chi connectivity index (χ3n) is 5.20. The maximum absolute atomic E-state index is 12.6. The van der Waals surface area contributed by atoms with Crippen molar-refractivity contribution >= 4 is 12.0 Å². The Morgan fingerprint density at radius 3 is 2.61 bits per heavy atom. The highest BCUT2D eigenvalue weighted by atomic mass is 16.2. The lowest BCUT2D eigenvalue weighted by atomic mass is 9.99. The van der Waals surface area contributed by atoms with E-state index in [0.717, 1.165) is 48.4 Å². The van der Waals surface area contributed by atoms with Crippen molar-refractivity contribution < 1.29 is 4.79 Å². The largest absolute Gasteiger partial charge is 0.339 e. The first kappa shape index (κ1) is 18.2. The van der Waals surface area contributed by atoms with E-state index in [2.05, 4.69) is 11.9 Å². The topological polar surface area (TPSA) is 51.0 Å². The smallest absolute Gasteiger partial charge is 0.246 e. The Morgan fingerprint density at radius 2 is 1.89 bits per heavy atom. The molecule has 0 atom stereocenters. The molecule has 1 aliphatic heterocycles. The fourth-order valence-corrected chi connectivity index (χ4v) is 3.44. The average molecular weight is 372 g/mol. The monoisotopic (exact) mass is 372 g/mol. The van der Waals surface area contributed by atoms with Crippen molar-refractivity contribution in [3.8, 4) is 16.9 Å². The molecule has 5 nitrogen and oxygen atoms in total. The molecule has 1 amide bonds. The molecule has 0 unspecified atom stereocenters. The number of hydrogen-bond donors (Lipinski definition) is 0. The number of nitrogens with zero attached hydrogens (tertiary/aromatic N) is 4. The van der Waals surface area contributed by atoms with Crippen LogP contribution in [0.25, 0.3) is 23.0 Å². The predicted octanol–water partition coefficient (Wildman–Crippen LogP) is 4.21. The standard InChI is InChI=1S/C23H24N4O/c1-18-11-14-26(15-12-18)22(28)10-9-20-17-27(21-7-3-2-4-8-21)25-23(20)19-6-5-13-24-16-19/h2-10,13,16-18H,11-12,14-15H2,1H3/b10-9+. The van der Waals surface area contributed by atoms with Crippen LogP contribution >= 0.6 is 0 Å². The van der Waals surface area contributed by atoms with Crippen LogP contribution in [0, 0.1) is 5.92 Å². The van der Waals surface area contributed by atoms with Gasteiger partial charge in [0.05, 0.1) is 5.69 Å². The summed E-state index contributed by atoms with van der Waals surface area (Å²) < 4.78 is 1.84. The van der Waals surface area contributed by atoms with Crippen LogP contribution in [0.4, 0.5) is 0 Å². The van der Waals surface area contributed by atoms with Gasteiger partial charge in [0.25, 0.3) is 0 Å². The first-order chi connectivity index (χ1) is 13.7. The number of piperidine rings is 1. The lowest BCUT2D eigenvalue weighted by Gasteiger charge is -2.29. The molecule has 1 aromatic carbocycles. The first-order valence-electron chi connectivity index (χ1n) is 9.73. The van der Waals surface area contributed by atoms with Gasteiger partial charge in [-0.15, -0.1) is 0 Å². The van der Waals surface area contributed by atoms with Crippen LogP contribution in [0.2, 0.25) is 0 Å². The summed E-state index contributed by atoms with van der Waals surface area (Å²) in [6.45, 7) is 3.92. The number of hydrogen-bond acceptors (Lipinski definition) is 3. The average Bonchev–Trinajstić information content (AvgIpc) is 3.18. The summed E-state index contributed by atoms with van der Waals surface area (Å²) in [6.07, 6.45) is 11.2. The number of carbonyl (C=O) groups is 1. The van der Waals surface area contributed by atoms with Gasteiger partial charge in [0, 0.05) is 48.9 Å². The molecule has 3 heterocycles. The molecule has 2 aromatic heterocycles. The molecular formula is C23H24N4O. The van der Waals surface area contributed by atoms with Gasteiger partial charge in [-0.05, 0) is 49.1 Å². The molecule has 1 saturated heterocycles. The molecule has 5 heteroatoms. The molecule has 0 spiro atoms. The molecule has 0 bridgehead atoms. The van der Waals surface area contributed by atoms with Crippen molar-refractivity contribution in [2.75, 3.05) is 13.1 Å². The number of amides is 1. The highest BCUT2D eigenvalue weighted by Crippen LogP contribution is 2.24. The number of rotatable bonds is 4. The van der Waals surface area contributed by atoms with E-state index >= 15 is 0 Å². The molecule has 0 aliphatic carbocycles. The van der Waals surface area contributed by atoms with Crippen LogP contribution in [-0.2, 0) is 4.79 Å². The van der Waals surface area contributed by atoms with E-state index in [4.69, 9.17) is 5.10 Å². The van der Waals surface area contributed by atoms with Gasteiger partial charge in [-0.2, -0.15) is 5.10 Å². The predicted molar refractivity (Wildman–Crippen MR) is 111 cm³/mol. The summed E-state index contributed by atoms with van der Waals surface area (Å²) >= 11 is 0. The van der Waals surface area contributed by atoms with Crippen molar-refractivity contribution in [2.45, 2.75) is 19.8 Å². The lowest BCUT2D eigenvalue weighted by Crippen LogP contribution is -2.36. The van der Waals surface area contributed by atoms with E-state index in [0.29, 0.717) is 5.92 Å². The van der Waals surface area contributed by atoms with Gasteiger partial charge in [0.2, 0.25) is 5.91 Å². The number of carbonyl (C=O) groups excluding carboxylic acids is 1. The van der Waals surface area contributed by atoms with E-state index in [-0.39, 0.29) is 5.91 Å². The van der Waals surface area contributed by atoms with Crippen LogP contribution in [-0.4, -0.2) is 38.7 Å². The van der Waals surface area contributed by atoms with Crippen molar-refractivity contribution in [1.29, 1.82) is 0 Å². The van der Waals surface area contributed by atoms with Gasteiger partial charge >= 0.3 is 0 Å². The second kappa shape index (κ2) is 8.21. The molecule has 1 aliphatic rings. The van der Waals surface area contributed by atoms with Gasteiger partial charge in [0.15, 0.2) is 0 Å². The molecule has 4 rings (SSSR count). The first-order valence-corrected chi connectivity index (χ1v) is 9.73. The Hall–Kier alpha value is -3.21. The maximum atomic E-state index is 12.6. The van der Waals surface area contributed by atoms with E-state index in [1.54, 1.807) is 18.5 Å². The van der Waals surface area contributed by atoms with Crippen molar-refractivity contribution in [3.63, 3.8) is 0 Å². The van der Waals surface area contributed by atoms with E-state index in [1.165, 1.54) is 0 Å². The SMILES string of the molecule is CC1CCN(C(=O)/C=C/c2cn(-c3ccccc3)nc2-c2cccnc2)CC1. The van der Waals surface area contributed by atoms with E-state index < -0.39 is 0 Å². The van der Waals surface area contributed by atoms with Crippen LogP contribution in [0.5, 0.6) is 0 Å². The van der Waals surface area contributed by atoms with Crippen molar-refractivity contribution in [3.05, 3.63) is 72.7 Å². The van der Waals surface area contributed by atoms with Gasteiger partial charge in [0.1, 0.15) is 5.69 Å². The summed E-state index contributed by atoms with van der Waals surface area (Å²) in [5.41, 5.74) is 3.61. The summed E-state index contributed by atoms with van der Waals surface area (Å²) in [6, 6.07) is 13.8. The number of pyridine rings is 1. The molecule has 0 saturated carbocycles. The number of para-hydroxylation sites is 1. The van der Waals surface area contributed by atoms with E-state index in [9.17, 15) is 4.79 Å². The zero-order chi connectivity index (χ0) is 19.3. The normalized spacial score (nSPS) is 15.2. The fraction of sp³-hybridized carbons (Fsp3) is 0.261. The third-order valence-corrected chi connectivity index (χ3v) is 5.20. The molecule has 0 N–H and O–H groups in total. The molecule has 1 fully saturated rings. The van der Waals surface area contributed by atoms with Crippen LogP contribution in [0.15, 0.2) is 67.1 Å². The molecule has 142 valence electrons. The summed E-state index contributed by atoms with van der Waals surface area (Å²) in [5.74, 6) is 0.769. The highest BCUT2D eigenvalue weighted by Gasteiger charge is 2.19. The second-order valence-corrected chi connectivity index (χ2v) is 7.30. The minimum atomic E-state index is 0.0662. The Morgan fingerprint density at radius 1 is 1.11 bits per heavy atom. The lowest BCUT2D eigenvalue weighted by molar-refractivity contribution is -0.127. The summed E-state index contributed by atoms with van der Waals surface area (Å²) in [7, 11) is 0. The minimum absolute atomic E-state index is 0.0662. The third kappa shape index (κ3) is 4.03. The Balaban J connectivity index is 1.63. The Kier molecular flexibility index (Phi) is 5.33. The zero-order valence-corrected chi connectivity index (χ0v) is 16.0. The van der Waals surface area contributed by atoms with E-state index in [1.807, 2.05) is 64.3 Å². The zero-order valence-electron chi connectivity index (χ0n) is 16.0. The molecule has 3 aromatic rings. The van der Waals surface area contributed by atoms with Crippen molar-refractivity contribution in [2.24, 2.45) is 5.92 Å². The molecule has 0 radical (unpaired) electrons. The molecule has 28 heavy (non-hydrogen) atoms. The maximum Gasteiger partial charge on any atom is 0.246 e. The van der Waals surface area contributed by atoms with Gasteiger partial charge in [-0.1, -0.05) is 25.1 Å². The van der Waals surface area contributed by atoms with Gasteiger partial charge in [-0.25, -0.2) is 4.68 Å². The number of aromatic nitrogens is 3. The number of likely N-dealkylation sites (tertiary alicyclic amines) is 1. The van der Waals surface area contributed by atoms with Crippen LogP contribution < -0.4 is 0 Å². The number of benzene rings is 1. The quantitative estimate of drug-likeness (QED) is 0.645. The second-order valence-electron chi connectivity index (χ2n) is 7.30. The minimum Gasteiger partial charge on any atom is -0.339 e. The summed E-state index contributed by atoms with van der Waals surface area (Å²) in [5, 5.41) is 4.75. The van der Waals surface area contributed by atoms with Gasteiger partial charge in [-0.3, -0.25) is 9.78 Å². The molecular weight excluding hydrogens is 348 g/mol. The van der Waals surface area contributed by atoms with Crippen molar-refractivity contribution in [1.82, 2.24) is 19.7 Å². The van der Waals surface area contributed by atoms with Crippen LogP contribution in [0.3, 0.4) is 0 Å². The van der Waals surface area contributed by atoms with Gasteiger partial charge < -0.3 is 4.90 Å².